The highest BCUT2D eigenvalue weighted by atomic mass is 19.1. The molecule has 2 aromatic rings. The Morgan fingerprint density at radius 3 is 2.52 bits per heavy atom. The molecule has 0 N–H and O–H groups in total. The minimum Gasteiger partial charge on any atom is -0.492 e. The van der Waals surface area contributed by atoms with Gasteiger partial charge in [-0.3, -0.25) is 9.69 Å². The molecule has 3 rings (SSSR count). The summed E-state index contributed by atoms with van der Waals surface area (Å²) in [5.74, 6) is 0.732. The summed E-state index contributed by atoms with van der Waals surface area (Å²) in [6.45, 7) is 3.26. The van der Waals surface area contributed by atoms with Crippen LogP contribution in [0.5, 0.6) is 5.75 Å². The summed E-state index contributed by atoms with van der Waals surface area (Å²) in [4.78, 5) is 16.9. The number of anilines is 1. The van der Waals surface area contributed by atoms with Crippen molar-refractivity contribution in [2.45, 2.75) is 12.8 Å². The number of piperidine rings is 1. The Morgan fingerprint density at radius 2 is 1.85 bits per heavy atom. The predicted octanol–water partition coefficient (Wildman–Crippen LogP) is 3.87. The Hall–Kier alpha value is -2.40. The molecule has 0 unspecified atom stereocenters. The van der Waals surface area contributed by atoms with Crippen molar-refractivity contribution in [1.29, 1.82) is 0 Å². The van der Waals surface area contributed by atoms with Crippen molar-refractivity contribution in [2.24, 2.45) is 5.92 Å². The number of nitrogens with zero attached hydrogens (tertiary/aromatic N) is 2. The number of carbonyl (C=O) groups excluding carboxylic acids is 1. The molecule has 0 radical (unpaired) electrons. The molecule has 1 fully saturated rings. The minimum absolute atomic E-state index is 0.0319. The van der Waals surface area contributed by atoms with Crippen LogP contribution in [0.2, 0.25) is 0 Å². The molecule has 5 heteroatoms. The molecule has 2 aromatic carbocycles. The van der Waals surface area contributed by atoms with Gasteiger partial charge in [-0.25, -0.2) is 4.39 Å². The van der Waals surface area contributed by atoms with Crippen molar-refractivity contribution < 1.29 is 13.9 Å². The third kappa shape index (κ3) is 5.30. The van der Waals surface area contributed by atoms with E-state index in [-0.39, 0.29) is 17.5 Å². The van der Waals surface area contributed by atoms with E-state index in [4.69, 9.17) is 4.74 Å². The number of hydrogen-bond donors (Lipinski definition) is 0. The molecule has 0 bridgehead atoms. The highest BCUT2D eigenvalue weighted by molar-refractivity contribution is 5.97. The smallest absolute Gasteiger partial charge is 0.166 e. The van der Waals surface area contributed by atoms with Crippen LogP contribution in [0, 0.1) is 11.7 Å². The largest absolute Gasteiger partial charge is 0.492 e. The van der Waals surface area contributed by atoms with Crippen LogP contribution < -0.4 is 9.64 Å². The number of ketones is 1. The Bertz CT molecular complexity index is 753. The number of rotatable bonds is 7. The van der Waals surface area contributed by atoms with Gasteiger partial charge < -0.3 is 9.64 Å². The van der Waals surface area contributed by atoms with Gasteiger partial charge in [0.15, 0.2) is 5.78 Å². The molecule has 1 aliphatic rings. The molecule has 144 valence electrons. The van der Waals surface area contributed by atoms with E-state index >= 15 is 0 Å². The first kappa shape index (κ1) is 19.4. The third-order valence-electron chi connectivity index (χ3n) is 5.10. The summed E-state index contributed by atoms with van der Waals surface area (Å²) in [7, 11) is 4.02. The lowest BCUT2D eigenvalue weighted by atomic mass is 9.89. The normalized spacial score (nSPS) is 15.5. The van der Waals surface area contributed by atoms with Gasteiger partial charge in [-0.05, 0) is 62.3 Å². The van der Waals surface area contributed by atoms with Crippen molar-refractivity contribution in [3.8, 4) is 5.75 Å². The van der Waals surface area contributed by atoms with Crippen LogP contribution in [0.3, 0.4) is 0 Å². The zero-order chi connectivity index (χ0) is 19.2. The molecular formula is C22H27FN2O2. The van der Waals surface area contributed by atoms with Crippen molar-refractivity contribution in [3.05, 3.63) is 59.9 Å². The molecule has 0 saturated carbocycles. The lowest BCUT2D eigenvalue weighted by Gasteiger charge is -2.31. The Balaban J connectivity index is 1.42. The topological polar surface area (TPSA) is 32.8 Å². The predicted molar refractivity (Wildman–Crippen MR) is 106 cm³/mol. The summed E-state index contributed by atoms with van der Waals surface area (Å²) in [5, 5.41) is 0. The fourth-order valence-corrected chi connectivity index (χ4v) is 3.41. The zero-order valence-corrected chi connectivity index (χ0v) is 16.0. The van der Waals surface area contributed by atoms with Crippen molar-refractivity contribution in [3.63, 3.8) is 0 Å². The van der Waals surface area contributed by atoms with Crippen molar-refractivity contribution in [2.75, 3.05) is 45.2 Å². The Morgan fingerprint density at radius 1 is 1.15 bits per heavy atom. The molecule has 4 nitrogen and oxygen atoms in total. The summed E-state index contributed by atoms with van der Waals surface area (Å²) in [6, 6.07) is 13.9. The second-order valence-corrected chi connectivity index (χ2v) is 7.23. The first-order valence-corrected chi connectivity index (χ1v) is 9.45. The van der Waals surface area contributed by atoms with Gasteiger partial charge in [0.1, 0.15) is 18.2 Å². The second-order valence-electron chi connectivity index (χ2n) is 7.23. The van der Waals surface area contributed by atoms with Gasteiger partial charge in [0.25, 0.3) is 0 Å². The summed E-state index contributed by atoms with van der Waals surface area (Å²) in [5.41, 5.74) is 1.73. The van der Waals surface area contributed by atoms with Gasteiger partial charge in [-0.1, -0.05) is 6.07 Å². The van der Waals surface area contributed by atoms with Crippen molar-refractivity contribution >= 4 is 11.5 Å². The third-order valence-corrected chi connectivity index (χ3v) is 5.10. The first-order chi connectivity index (χ1) is 13.0. The number of ether oxygens (including phenoxy) is 1. The molecule has 0 spiro atoms. The highest BCUT2D eigenvalue weighted by Gasteiger charge is 2.25. The van der Waals surface area contributed by atoms with E-state index in [9.17, 15) is 9.18 Å². The van der Waals surface area contributed by atoms with Gasteiger partial charge in [-0.2, -0.15) is 0 Å². The lowest BCUT2D eigenvalue weighted by Crippen LogP contribution is -2.38. The average molecular weight is 370 g/mol. The maximum absolute atomic E-state index is 13.0. The fraction of sp³-hybridized carbons (Fsp3) is 0.409. The van der Waals surface area contributed by atoms with Crippen LogP contribution in [0.15, 0.2) is 48.5 Å². The molecule has 1 aliphatic heterocycles. The number of hydrogen-bond acceptors (Lipinski definition) is 4. The highest BCUT2D eigenvalue weighted by Crippen LogP contribution is 2.22. The SMILES string of the molecule is CN(C)c1cccc(OCCN2CCC(C(=O)c3ccc(F)cc3)CC2)c1. The lowest BCUT2D eigenvalue weighted by molar-refractivity contribution is 0.0827. The Labute approximate surface area is 160 Å². The molecule has 0 atom stereocenters. The van der Waals surface area contributed by atoms with E-state index in [1.807, 2.05) is 32.3 Å². The monoisotopic (exact) mass is 370 g/mol. The zero-order valence-electron chi connectivity index (χ0n) is 16.0. The van der Waals surface area contributed by atoms with Gasteiger partial charge in [0, 0.05) is 43.9 Å². The summed E-state index contributed by atoms with van der Waals surface area (Å²) < 4.78 is 18.9. The van der Waals surface area contributed by atoms with Gasteiger partial charge in [0.2, 0.25) is 0 Å². The quantitative estimate of drug-likeness (QED) is 0.693. The molecular weight excluding hydrogens is 343 g/mol. The van der Waals surface area contributed by atoms with Crippen LogP contribution in [-0.4, -0.2) is 51.0 Å². The van der Waals surface area contributed by atoms with E-state index in [0.717, 1.165) is 43.9 Å². The van der Waals surface area contributed by atoms with Crippen LogP contribution in [-0.2, 0) is 0 Å². The molecule has 0 aromatic heterocycles. The van der Waals surface area contributed by atoms with E-state index in [1.54, 1.807) is 12.1 Å². The number of carbonyl (C=O) groups is 1. The van der Waals surface area contributed by atoms with E-state index in [1.165, 1.54) is 12.1 Å². The van der Waals surface area contributed by atoms with E-state index in [2.05, 4.69) is 15.9 Å². The molecule has 1 heterocycles. The number of Topliss-reactive ketones (excluding diaryl/α,β-unsaturated/α-hetero) is 1. The molecule has 1 saturated heterocycles. The summed E-state index contributed by atoms with van der Waals surface area (Å²) in [6.07, 6.45) is 1.68. The van der Waals surface area contributed by atoms with E-state index < -0.39 is 0 Å². The maximum atomic E-state index is 13.0. The van der Waals surface area contributed by atoms with Gasteiger partial charge in [-0.15, -0.1) is 0 Å². The van der Waals surface area contributed by atoms with Gasteiger partial charge in [0.05, 0.1) is 0 Å². The molecule has 0 aliphatic carbocycles. The summed E-state index contributed by atoms with van der Waals surface area (Å²) >= 11 is 0. The van der Waals surface area contributed by atoms with Crippen LogP contribution in [0.1, 0.15) is 23.2 Å². The average Bonchev–Trinajstić information content (AvgIpc) is 2.69. The van der Waals surface area contributed by atoms with Crippen molar-refractivity contribution in [1.82, 2.24) is 4.90 Å². The number of likely N-dealkylation sites (tertiary alicyclic amines) is 1. The fourth-order valence-electron chi connectivity index (χ4n) is 3.41. The van der Waals surface area contributed by atoms with E-state index in [0.29, 0.717) is 12.2 Å². The number of halogens is 1. The van der Waals surface area contributed by atoms with Crippen LogP contribution in [0.4, 0.5) is 10.1 Å². The minimum atomic E-state index is -0.308. The maximum Gasteiger partial charge on any atom is 0.166 e. The van der Waals surface area contributed by atoms with Crippen LogP contribution in [0.25, 0.3) is 0 Å². The standard InChI is InChI=1S/C22H27FN2O2/c1-24(2)20-4-3-5-21(16-20)27-15-14-25-12-10-18(11-13-25)22(26)17-6-8-19(23)9-7-17/h3-9,16,18H,10-15H2,1-2H3. The molecule has 0 amide bonds. The Kier molecular flexibility index (Phi) is 6.45. The van der Waals surface area contributed by atoms with Gasteiger partial charge >= 0.3 is 0 Å². The molecule has 27 heavy (non-hydrogen) atoms. The second kappa shape index (κ2) is 9.00. The number of benzene rings is 2. The van der Waals surface area contributed by atoms with Crippen LogP contribution >= 0.6 is 0 Å². The first-order valence-electron chi connectivity index (χ1n) is 9.45.